The molecule has 33 heavy (non-hydrogen) atoms. The predicted molar refractivity (Wildman–Crippen MR) is 123 cm³/mol. The number of methoxy groups -OCH3 is 2. The summed E-state index contributed by atoms with van der Waals surface area (Å²) in [6, 6.07) is 15.5. The molecule has 0 saturated carbocycles. The van der Waals surface area contributed by atoms with Crippen LogP contribution in [0.15, 0.2) is 71.0 Å². The number of carbonyl (C=O) groups excluding carboxylic acids is 2. The van der Waals surface area contributed by atoms with Gasteiger partial charge in [-0.05, 0) is 55.0 Å². The zero-order valence-corrected chi connectivity index (χ0v) is 18.7. The van der Waals surface area contributed by atoms with E-state index in [2.05, 4.69) is 10.6 Å². The number of nitrogens with one attached hydrogen (secondary N) is 2. The highest BCUT2D eigenvalue weighted by Crippen LogP contribution is 2.27. The number of hydrogen-bond acceptors (Lipinski definition) is 6. The van der Waals surface area contributed by atoms with Crippen LogP contribution < -0.4 is 24.8 Å². The van der Waals surface area contributed by atoms with Crippen molar-refractivity contribution in [1.82, 2.24) is 10.6 Å². The number of carbonyl (C=O) groups is 2. The molecule has 0 bridgehead atoms. The van der Waals surface area contributed by atoms with E-state index in [9.17, 15) is 9.59 Å². The molecule has 172 valence electrons. The molecule has 3 rings (SSSR count). The highest BCUT2D eigenvalue weighted by atomic mass is 16.5. The zero-order chi connectivity index (χ0) is 23.6. The van der Waals surface area contributed by atoms with Crippen molar-refractivity contribution < 1.29 is 28.2 Å². The van der Waals surface area contributed by atoms with Crippen molar-refractivity contribution >= 4 is 17.9 Å². The largest absolute Gasteiger partial charge is 0.494 e. The van der Waals surface area contributed by atoms with E-state index in [1.54, 1.807) is 24.3 Å². The molecule has 8 nitrogen and oxygen atoms in total. The van der Waals surface area contributed by atoms with E-state index in [1.807, 2.05) is 31.2 Å². The second-order valence-corrected chi connectivity index (χ2v) is 6.86. The average molecular weight is 450 g/mol. The van der Waals surface area contributed by atoms with E-state index in [0.29, 0.717) is 29.4 Å². The minimum absolute atomic E-state index is 0.0331. The molecule has 2 N–H and O–H groups in total. The molecule has 0 aliphatic rings. The third-order valence-corrected chi connectivity index (χ3v) is 4.63. The van der Waals surface area contributed by atoms with Crippen LogP contribution in [0.1, 0.15) is 28.6 Å². The first kappa shape index (κ1) is 23.5. The Bertz CT molecular complexity index is 1120. The maximum absolute atomic E-state index is 12.9. The molecule has 1 heterocycles. The fourth-order valence-electron chi connectivity index (χ4n) is 3.04. The predicted octanol–water partition coefficient (Wildman–Crippen LogP) is 3.78. The normalized spacial score (nSPS) is 10.9. The van der Waals surface area contributed by atoms with Gasteiger partial charge in [-0.15, -0.1) is 0 Å². The second kappa shape index (κ2) is 11.4. The average Bonchev–Trinajstić information content (AvgIpc) is 3.35. The van der Waals surface area contributed by atoms with Gasteiger partial charge in [0.2, 0.25) is 0 Å². The van der Waals surface area contributed by atoms with Crippen molar-refractivity contribution in [2.75, 3.05) is 20.8 Å². The van der Waals surface area contributed by atoms with Gasteiger partial charge in [-0.25, -0.2) is 0 Å². The van der Waals surface area contributed by atoms with Crippen molar-refractivity contribution in [3.63, 3.8) is 0 Å². The minimum atomic E-state index is -0.484. The second-order valence-electron chi connectivity index (χ2n) is 6.86. The molecule has 0 aliphatic heterocycles. The molecule has 0 radical (unpaired) electrons. The minimum Gasteiger partial charge on any atom is -0.494 e. The molecule has 0 aliphatic carbocycles. The number of benzene rings is 2. The van der Waals surface area contributed by atoms with Crippen LogP contribution in [0, 0.1) is 0 Å². The molecule has 3 aromatic rings. The van der Waals surface area contributed by atoms with Crippen LogP contribution in [-0.4, -0.2) is 32.6 Å². The van der Waals surface area contributed by atoms with Crippen LogP contribution >= 0.6 is 0 Å². The molecule has 0 unspecified atom stereocenters. The quantitative estimate of drug-likeness (QED) is 0.456. The van der Waals surface area contributed by atoms with Gasteiger partial charge in [-0.2, -0.15) is 0 Å². The lowest BCUT2D eigenvalue weighted by atomic mass is 10.1. The van der Waals surface area contributed by atoms with Crippen LogP contribution in [-0.2, 0) is 11.3 Å². The van der Waals surface area contributed by atoms with Gasteiger partial charge in [0, 0.05) is 18.2 Å². The summed E-state index contributed by atoms with van der Waals surface area (Å²) in [6.45, 7) is 2.71. The molecule has 0 atom stereocenters. The van der Waals surface area contributed by atoms with E-state index in [-0.39, 0.29) is 12.2 Å². The van der Waals surface area contributed by atoms with E-state index < -0.39 is 11.8 Å². The molecule has 0 fully saturated rings. The zero-order valence-electron chi connectivity index (χ0n) is 18.7. The van der Waals surface area contributed by atoms with Crippen LogP contribution in [0.3, 0.4) is 0 Å². The SMILES string of the molecule is CCOc1cccc(CNC(=O)/C(=C/c2ccco2)NC(=O)c2ccc(OC)c(OC)c2)c1. The summed E-state index contributed by atoms with van der Waals surface area (Å²) >= 11 is 0. The van der Waals surface area contributed by atoms with Crippen LogP contribution in [0.5, 0.6) is 17.2 Å². The summed E-state index contributed by atoms with van der Waals surface area (Å²) in [4.78, 5) is 25.8. The molecule has 0 saturated heterocycles. The Hall–Kier alpha value is -4.20. The first-order valence-corrected chi connectivity index (χ1v) is 10.3. The molecular formula is C25H26N2O6. The van der Waals surface area contributed by atoms with Gasteiger partial charge in [0.05, 0.1) is 27.1 Å². The number of ether oxygens (including phenoxy) is 3. The summed E-state index contributed by atoms with van der Waals surface area (Å²) in [5.74, 6) is 1.08. The monoisotopic (exact) mass is 450 g/mol. The van der Waals surface area contributed by atoms with E-state index >= 15 is 0 Å². The highest BCUT2D eigenvalue weighted by molar-refractivity contribution is 6.05. The summed E-state index contributed by atoms with van der Waals surface area (Å²) in [5, 5.41) is 5.47. The standard InChI is InChI=1S/C25H26N2O6/c1-4-32-19-8-5-7-17(13-19)16-26-25(29)21(15-20-9-6-12-33-20)27-24(28)18-10-11-22(30-2)23(14-18)31-3/h5-15H,4,16H2,1-3H3,(H,26,29)(H,27,28)/b21-15-. The summed E-state index contributed by atoms with van der Waals surface area (Å²) in [7, 11) is 2.99. The van der Waals surface area contributed by atoms with Crippen LogP contribution in [0.4, 0.5) is 0 Å². The molecular weight excluding hydrogens is 424 g/mol. The third kappa shape index (κ3) is 6.39. The first-order chi connectivity index (χ1) is 16.0. The Balaban J connectivity index is 1.77. The Kier molecular flexibility index (Phi) is 8.13. The van der Waals surface area contributed by atoms with Gasteiger partial charge in [0.1, 0.15) is 17.2 Å². The van der Waals surface area contributed by atoms with Crippen molar-refractivity contribution in [3.8, 4) is 17.2 Å². The number of furan rings is 1. The highest BCUT2D eigenvalue weighted by Gasteiger charge is 2.17. The van der Waals surface area contributed by atoms with Gasteiger partial charge in [0.15, 0.2) is 11.5 Å². The lowest BCUT2D eigenvalue weighted by Crippen LogP contribution is -2.34. The Morgan fingerprint density at radius 2 is 1.82 bits per heavy atom. The van der Waals surface area contributed by atoms with Crippen molar-refractivity contribution in [2.24, 2.45) is 0 Å². The molecule has 2 amide bonds. The Morgan fingerprint density at radius 1 is 1.00 bits per heavy atom. The van der Waals surface area contributed by atoms with Gasteiger partial charge in [-0.3, -0.25) is 9.59 Å². The first-order valence-electron chi connectivity index (χ1n) is 10.3. The van der Waals surface area contributed by atoms with Crippen LogP contribution in [0.25, 0.3) is 6.08 Å². The van der Waals surface area contributed by atoms with E-state index in [4.69, 9.17) is 18.6 Å². The topological polar surface area (TPSA) is 99.0 Å². The third-order valence-electron chi connectivity index (χ3n) is 4.63. The lowest BCUT2D eigenvalue weighted by Gasteiger charge is -2.13. The number of hydrogen-bond donors (Lipinski definition) is 2. The van der Waals surface area contributed by atoms with E-state index in [0.717, 1.165) is 11.3 Å². The molecule has 2 aromatic carbocycles. The van der Waals surface area contributed by atoms with Gasteiger partial charge in [0.25, 0.3) is 11.8 Å². The molecule has 1 aromatic heterocycles. The smallest absolute Gasteiger partial charge is 0.268 e. The maximum atomic E-state index is 12.9. The Labute approximate surface area is 192 Å². The molecule has 8 heteroatoms. The summed E-state index contributed by atoms with van der Waals surface area (Å²) < 4.78 is 21.3. The van der Waals surface area contributed by atoms with Crippen molar-refractivity contribution in [3.05, 3.63) is 83.4 Å². The van der Waals surface area contributed by atoms with E-state index in [1.165, 1.54) is 32.6 Å². The van der Waals surface area contributed by atoms with Gasteiger partial charge < -0.3 is 29.3 Å². The fraction of sp³-hybridized carbons (Fsp3) is 0.200. The van der Waals surface area contributed by atoms with Crippen molar-refractivity contribution in [1.29, 1.82) is 0 Å². The number of rotatable bonds is 10. The van der Waals surface area contributed by atoms with Crippen LogP contribution in [0.2, 0.25) is 0 Å². The number of amides is 2. The summed E-state index contributed by atoms with van der Waals surface area (Å²) in [6.07, 6.45) is 2.95. The molecule has 0 spiro atoms. The maximum Gasteiger partial charge on any atom is 0.268 e. The van der Waals surface area contributed by atoms with Gasteiger partial charge >= 0.3 is 0 Å². The summed E-state index contributed by atoms with van der Waals surface area (Å²) in [5.41, 5.74) is 1.19. The van der Waals surface area contributed by atoms with Gasteiger partial charge in [-0.1, -0.05) is 12.1 Å². The Morgan fingerprint density at radius 3 is 2.52 bits per heavy atom. The lowest BCUT2D eigenvalue weighted by molar-refractivity contribution is -0.117. The fourth-order valence-corrected chi connectivity index (χ4v) is 3.04. The van der Waals surface area contributed by atoms with Crippen molar-refractivity contribution in [2.45, 2.75) is 13.5 Å².